The van der Waals surface area contributed by atoms with Gasteiger partial charge in [0, 0.05) is 24.5 Å². The Kier molecular flexibility index (Phi) is 4.12. The molecule has 2 rings (SSSR count). The van der Waals surface area contributed by atoms with E-state index in [1.165, 1.54) is 5.56 Å². The highest BCUT2D eigenvalue weighted by Crippen LogP contribution is 2.30. The van der Waals surface area contributed by atoms with Crippen molar-refractivity contribution in [1.82, 2.24) is 9.97 Å². The van der Waals surface area contributed by atoms with Gasteiger partial charge in [0.05, 0.1) is 12.7 Å². The third-order valence-electron chi connectivity index (χ3n) is 3.07. The van der Waals surface area contributed by atoms with Crippen LogP contribution < -0.4 is 10.5 Å². The third kappa shape index (κ3) is 2.90. The summed E-state index contributed by atoms with van der Waals surface area (Å²) >= 11 is 0. The van der Waals surface area contributed by atoms with Crippen molar-refractivity contribution in [1.29, 1.82) is 0 Å². The first kappa shape index (κ1) is 13.5. The summed E-state index contributed by atoms with van der Waals surface area (Å²) in [7, 11) is 1.65. The number of nitrogens with zero attached hydrogens (tertiary/aromatic N) is 2. The Morgan fingerprint density at radius 3 is 2.42 bits per heavy atom. The first-order chi connectivity index (χ1) is 9.15. The highest BCUT2D eigenvalue weighted by atomic mass is 16.5. The average Bonchev–Trinajstić information content (AvgIpc) is 2.46. The second-order valence-electron chi connectivity index (χ2n) is 4.73. The molecule has 0 amide bonds. The van der Waals surface area contributed by atoms with Gasteiger partial charge in [-0.25, -0.2) is 9.97 Å². The fraction of sp³-hybridized carbons (Fsp3) is 0.333. The Morgan fingerprint density at radius 1 is 1.21 bits per heavy atom. The van der Waals surface area contributed by atoms with E-state index >= 15 is 0 Å². The molecule has 100 valence electrons. The molecular formula is C15H19N3O. The van der Waals surface area contributed by atoms with E-state index in [1.54, 1.807) is 19.5 Å². The van der Waals surface area contributed by atoms with Crippen LogP contribution in [0.15, 0.2) is 30.6 Å². The molecule has 2 N–H and O–H groups in total. The minimum Gasteiger partial charge on any atom is -0.496 e. The van der Waals surface area contributed by atoms with E-state index in [9.17, 15) is 0 Å². The van der Waals surface area contributed by atoms with Gasteiger partial charge in [-0.3, -0.25) is 0 Å². The average molecular weight is 257 g/mol. The molecule has 0 radical (unpaired) electrons. The van der Waals surface area contributed by atoms with Crippen molar-refractivity contribution in [2.45, 2.75) is 26.3 Å². The number of methoxy groups -OCH3 is 1. The van der Waals surface area contributed by atoms with Gasteiger partial charge in [-0.2, -0.15) is 0 Å². The van der Waals surface area contributed by atoms with Gasteiger partial charge in [0.25, 0.3) is 0 Å². The van der Waals surface area contributed by atoms with Crippen molar-refractivity contribution in [2.24, 2.45) is 5.73 Å². The van der Waals surface area contributed by atoms with Crippen LogP contribution in [0.4, 0.5) is 0 Å². The van der Waals surface area contributed by atoms with E-state index in [0.717, 1.165) is 16.9 Å². The van der Waals surface area contributed by atoms with Crippen LogP contribution >= 0.6 is 0 Å². The van der Waals surface area contributed by atoms with Crippen LogP contribution in [0, 0.1) is 0 Å². The van der Waals surface area contributed by atoms with Gasteiger partial charge >= 0.3 is 0 Å². The van der Waals surface area contributed by atoms with Gasteiger partial charge in [-0.15, -0.1) is 0 Å². The molecule has 0 spiro atoms. The number of hydrogen-bond donors (Lipinski definition) is 1. The molecule has 4 heteroatoms. The van der Waals surface area contributed by atoms with Crippen LogP contribution in [0.2, 0.25) is 0 Å². The minimum atomic E-state index is 0.448. The Morgan fingerprint density at radius 2 is 1.89 bits per heavy atom. The molecule has 1 heterocycles. The zero-order chi connectivity index (χ0) is 13.8. The van der Waals surface area contributed by atoms with Gasteiger partial charge in [0.1, 0.15) is 5.75 Å². The van der Waals surface area contributed by atoms with Crippen molar-refractivity contribution in [3.8, 4) is 17.1 Å². The number of aromatic nitrogens is 2. The molecule has 0 aliphatic heterocycles. The highest BCUT2D eigenvalue weighted by molar-refractivity contribution is 5.65. The molecule has 0 aliphatic carbocycles. The Hall–Kier alpha value is -1.94. The van der Waals surface area contributed by atoms with Gasteiger partial charge in [0.15, 0.2) is 5.82 Å². The van der Waals surface area contributed by atoms with Crippen LogP contribution in [0.25, 0.3) is 11.4 Å². The molecule has 19 heavy (non-hydrogen) atoms. The van der Waals surface area contributed by atoms with Crippen LogP contribution in [0.1, 0.15) is 30.9 Å². The fourth-order valence-corrected chi connectivity index (χ4v) is 1.86. The zero-order valence-corrected chi connectivity index (χ0v) is 11.6. The maximum atomic E-state index is 5.55. The number of hydrogen-bond acceptors (Lipinski definition) is 4. The first-order valence-corrected chi connectivity index (χ1v) is 6.35. The standard InChI is InChI=1S/C15H19N3O/c1-10(2)12-4-5-14(19-3)13(6-12)15-17-8-11(7-16)9-18-15/h4-6,8-10H,7,16H2,1-3H3. The summed E-state index contributed by atoms with van der Waals surface area (Å²) in [6.45, 7) is 4.76. The maximum Gasteiger partial charge on any atom is 0.162 e. The molecule has 0 aliphatic rings. The summed E-state index contributed by atoms with van der Waals surface area (Å²) in [5.41, 5.74) is 8.63. The van der Waals surface area contributed by atoms with Crippen molar-refractivity contribution in [3.63, 3.8) is 0 Å². The molecule has 0 saturated heterocycles. The monoisotopic (exact) mass is 257 g/mol. The van der Waals surface area contributed by atoms with Gasteiger partial charge in [-0.05, 0) is 23.6 Å². The molecule has 0 fully saturated rings. The van der Waals surface area contributed by atoms with Gasteiger partial charge in [0.2, 0.25) is 0 Å². The zero-order valence-electron chi connectivity index (χ0n) is 11.6. The molecule has 0 saturated carbocycles. The molecular weight excluding hydrogens is 238 g/mol. The van der Waals surface area contributed by atoms with Gasteiger partial charge in [-0.1, -0.05) is 19.9 Å². The fourth-order valence-electron chi connectivity index (χ4n) is 1.86. The highest BCUT2D eigenvalue weighted by Gasteiger charge is 2.11. The number of benzene rings is 1. The van der Waals surface area contributed by atoms with E-state index in [0.29, 0.717) is 18.3 Å². The first-order valence-electron chi connectivity index (χ1n) is 6.35. The molecule has 2 aromatic rings. The minimum absolute atomic E-state index is 0.448. The third-order valence-corrected chi connectivity index (χ3v) is 3.07. The largest absolute Gasteiger partial charge is 0.496 e. The Bertz CT molecular complexity index is 550. The van der Waals surface area contributed by atoms with Crippen molar-refractivity contribution in [3.05, 3.63) is 41.7 Å². The van der Waals surface area contributed by atoms with E-state index < -0.39 is 0 Å². The van der Waals surface area contributed by atoms with Crippen LogP contribution in [0.3, 0.4) is 0 Å². The van der Waals surface area contributed by atoms with E-state index in [-0.39, 0.29) is 0 Å². The summed E-state index contributed by atoms with van der Waals surface area (Å²) in [6, 6.07) is 6.12. The lowest BCUT2D eigenvalue weighted by Gasteiger charge is -2.12. The predicted octanol–water partition coefficient (Wildman–Crippen LogP) is 2.73. The molecule has 0 bridgehead atoms. The van der Waals surface area contributed by atoms with Crippen molar-refractivity contribution < 1.29 is 4.74 Å². The summed E-state index contributed by atoms with van der Waals surface area (Å²) < 4.78 is 5.39. The second-order valence-corrected chi connectivity index (χ2v) is 4.73. The Labute approximate surface area is 113 Å². The molecule has 0 unspecified atom stereocenters. The summed E-state index contributed by atoms with van der Waals surface area (Å²) in [6.07, 6.45) is 3.51. The molecule has 0 atom stereocenters. The van der Waals surface area contributed by atoms with Crippen LogP contribution in [-0.2, 0) is 6.54 Å². The number of ether oxygens (including phenoxy) is 1. The summed E-state index contributed by atoms with van der Waals surface area (Å²) in [5, 5.41) is 0. The normalized spacial score (nSPS) is 10.8. The van der Waals surface area contributed by atoms with Gasteiger partial charge < -0.3 is 10.5 Å². The lowest BCUT2D eigenvalue weighted by molar-refractivity contribution is 0.416. The predicted molar refractivity (Wildman–Crippen MR) is 76.0 cm³/mol. The molecule has 1 aromatic heterocycles. The summed E-state index contributed by atoms with van der Waals surface area (Å²) in [5.74, 6) is 1.90. The van der Waals surface area contributed by atoms with E-state index in [2.05, 4.69) is 35.9 Å². The number of nitrogens with two attached hydrogens (primary N) is 1. The van der Waals surface area contributed by atoms with Crippen molar-refractivity contribution >= 4 is 0 Å². The summed E-state index contributed by atoms with van der Waals surface area (Å²) in [4.78, 5) is 8.72. The quantitative estimate of drug-likeness (QED) is 0.914. The van der Waals surface area contributed by atoms with Crippen LogP contribution in [0.5, 0.6) is 5.75 Å². The maximum absolute atomic E-state index is 5.55. The van der Waals surface area contributed by atoms with Crippen molar-refractivity contribution in [2.75, 3.05) is 7.11 Å². The lowest BCUT2D eigenvalue weighted by Crippen LogP contribution is -2.00. The smallest absolute Gasteiger partial charge is 0.162 e. The topological polar surface area (TPSA) is 61.0 Å². The number of rotatable bonds is 4. The second kappa shape index (κ2) is 5.80. The van der Waals surface area contributed by atoms with E-state index in [1.807, 2.05) is 6.07 Å². The molecule has 4 nitrogen and oxygen atoms in total. The molecule has 1 aromatic carbocycles. The SMILES string of the molecule is COc1ccc(C(C)C)cc1-c1ncc(CN)cn1. The lowest BCUT2D eigenvalue weighted by atomic mass is 10.00. The van der Waals surface area contributed by atoms with Crippen LogP contribution in [-0.4, -0.2) is 17.1 Å². The van der Waals surface area contributed by atoms with E-state index in [4.69, 9.17) is 10.5 Å². The Balaban J connectivity index is 2.48.